The van der Waals surface area contributed by atoms with Gasteiger partial charge in [0, 0.05) is 6.04 Å². The Labute approximate surface area is 123 Å². The van der Waals surface area contributed by atoms with Crippen LogP contribution in [0.3, 0.4) is 0 Å². The van der Waals surface area contributed by atoms with Gasteiger partial charge in [0.1, 0.15) is 0 Å². The van der Waals surface area contributed by atoms with Crippen molar-refractivity contribution in [1.82, 2.24) is 4.90 Å². The summed E-state index contributed by atoms with van der Waals surface area (Å²) >= 11 is 5.20. The van der Waals surface area contributed by atoms with Gasteiger partial charge in [-0.3, -0.25) is 9.59 Å². The number of alkyl halides is 5. The molecule has 5 nitrogen and oxygen atoms in total. The van der Waals surface area contributed by atoms with Crippen molar-refractivity contribution in [3.8, 4) is 0 Å². The fourth-order valence-corrected chi connectivity index (χ4v) is 3.72. The molecule has 1 heterocycles. The molecule has 0 saturated carbocycles. The summed E-state index contributed by atoms with van der Waals surface area (Å²) in [4.78, 5) is 23.0. The molecule has 0 bridgehead atoms. The number of carbonyl (C=O) groups excluding carboxylic acids is 2. The Bertz CT molecular complexity index is 525. The standard InChI is InChI=1S/C10H12ClF4NO4S/c11-3-7(17)4-16(6-1-2-21(19,20)5-6)9(18)10(14,15)8(12)13/h6,8H,1-5H2. The van der Waals surface area contributed by atoms with Crippen molar-refractivity contribution in [2.45, 2.75) is 24.8 Å². The minimum atomic E-state index is -4.99. The number of Topliss-reactive ketones (excluding diaryl/α,β-unsaturated/α-hetero) is 1. The van der Waals surface area contributed by atoms with Crippen LogP contribution in [0, 0.1) is 0 Å². The summed E-state index contributed by atoms with van der Waals surface area (Å²) in [6, 6.07) is -1.24. The number of hydrogen-bond acceptors (Lipinski definition) is 4. The molecule has 21 heavy (non-hydrogen) atoms. The van der Waals surface area contributed by atoms with E-state index in [9.17, 15) is 35.6 Å². The van der Waals surface area contributed by atoms with E-state index in [1.54, 1.807) is 0 Å². The van der Waals surface area contributed by atoms with Crippen LogP contribution in [0.1, 0.15) is 6.42 Å². The summed E-state index contributed by atoms with van der Waals surface area (Å²) in [5.41, 5.74) is 0. The number of amides is 1. The molecule has 1 aliphatic rings. The molecule has 0 aromatic carbocycles. The lowest BCUT2D eigenvalue weighted by Gasteiger charge is -2.30. The maximum absolute atomic E-state index is 13.2. The number of nitrogens with zero attached hydrogens (tertiary/aromatic N) is 1. The van der Waals surface area contributed by atoms with Gasteiger partial charge in [-0.05, 0) is 6.42 Å². The SMILES string of the molecule is O=C(CCl)CN(C(=O)C(F)(F)C(F)F)C1CCS(=O)(=O)C1. The smallest absolute Gasteiger partial charge is 0.326 e. The highest BCUT2D eigenvalue weighted by atomic mass is 35.5. The first-order valence-corrected chi connectivity index (χ1v) is 8.12. The van der Waals surface area contributed by atoms with E-state index < -0.39 is 58.1 Å². The minimum absolute atomic E-state index is 0.192. The molecule has 1 atom stereocenters. The Hall–Kier alpha value is -0.900. The monoisotopic (exact) mass is 353 g/mol. The maximum atomic E-state index is 13.2. The normalized spacial score (nSPS) is 21.5. The van der Waals surface area contributed by atoms with Crippen molar-refractivity contribution in [2.75, 3.05) is 23.9 Å². The molecule has 11 heteroatoms. The molecule has 0 aliphatic carbocycles. The predicted octanol–water partition coefficient (Wildman–Crippen LogP) is 0.710. The average molecular weight is 354 g/mol. The number of sulfone groups is 1. The highest BCUT2D eigenvalue weighted by molar-refractivity contribution is 7.91. The number of rotatable bonds is 6. The third kappa shape index (κ3) is 4.29. The fraction of sp³-hybridized carbons (Fsp3) is 0.800. The third-order valence-corrected chi connectivity index (χ3v) is 5.01. The highest BCUT2D eigenvalue weighted by Crippen LogP contribution is 2.28. The van der Waals surface area contributed by atoms with E-state index in [2.05, 4.69) is 0 Å². The van der Waals surface area contributed by atoms with Crippen LogP contribution in [-0.4, -0.2) is 67.3 Å². The van der Waals surface area contributed by atoms with Crippen LogP contribution in [-0.2, 0) is 19.4 Å². The number of halogens is 5. The van der Waals surface area contributed by atoms with E-state index in [1.807, 2.05) is 0 Å². The third-order valence-electron chi connectivity index (χ3n) is 2.96. The molecule has 0 aromatic heterocycles. The summed E-state index contributed by atoms with van der Waals surface area (Å²) in [6.45, 7) is -0.926. The van der Waals surface area contributed by atoms with Crippen molar-refractivity contribution in [2.24, 2.45) is 0 Å². The minimum Gasteiger partial charge on any atom is -0.326 e. The van der Waals surface area contributed by atoms with Gasteiger partial charge >= 0.3 is 12.3 Å². The Kier molecular flexibility index (Phi) is 5.59. The Morgan fingerprint density at radius 2 is 1.90 bits per heavy atom. The molecule has 1 aliphatic heterocycles. The predicted molar refractivity (Wildman–Crippen MR) is 65.4 cm³/mol. The van der Waals surface area contributed by atoms with Crippen LogP contribution >= 0.6 is 11.6 Å². The van der Waals surface area contributed by atoms with Crippen molar-refractivity contribution in [1.29, 1.82) is 0 Å². The van der Waals surface area contributed by atoms with Crippen LogP contribution in [0.5, 0.6) is 0 Å². The molecule has 1 rings (SSSR count). The van der Waals surface area contributed by atoms with Crippen molar-refractivity contribution in [3.63, 3.8) is 0 Å². The largest absolute Gasteiger partial charge is 0.383 e. The lowest BCUT2D eigenvalue weighted by molar-refractivity contribution is -0.182. The van der Waals surface area contributed by atoms with Crippen molar-refractivity contribution < 1.29 is 35.6 Å². The lowest BCUT2D eigenvalue weighted by atomic mass is 10.1. The van der Waals surface area contributed by atoms with Crippen LogP contribution in [0.2, 0.25) is 0 Å². The van der Waals surface area contributed by atoms with E-state index in [1.165, 1.54) is 0 Å². The van der Waals surface area contributed by atoms with Gasteiger partial charge < -0.3 is 4.90 Å². The molecule has 0 radical (unpaired) electrons. The van der Waals surface area contributed by atoms with Gasteiger partial charge in [0.05, 0.1) is 23.9 Å². The van der Waals surface area contributed by atoms with Gasteiger partial charge in [-0.25, -0.2) is 17.2 Å². The van der Waals surface area contributed by atoms with E-state index in [0.717, 1.165) is 0 Å². The van der Waals surface area contributed by atoms with Gasteiger partial charge in [0.15, 0.2) is 15.6 Å². The van der Waals surface area contributed by atoms with Gasteiger partial charge in [0.2, 0.25) is 0 Å². The second kappa shape index (κ2) is 6.47. The first-order valence-electron chi connectivity index (χ1n) is 5.76. The molecule has 1 unspecified atom stereocenters. The topological polar surface area (TPSA) is 71.5 Å². The quantitative estimate of drug-likeness (QED) is 0.521. The molecule has 1 amide bonds. The maximum Gasteiger partial charge on any atom is 0.383 e. The van der Waals surface area contributed by atoms with Crippen molar-refractivity contribution in [3.05, 3.63) is 0 Å². The van der Waals surface area contributed by atoms with Gasteiger partial charge in [0.25, 0.3) is 5.91 Å². The average Bonchev–Trinajstić information content (AvgIpc) is 2.74. The van der Waals surface area contributed by atoms with Crippen LogP contribution < -0.4 is 0 Å². The van der Waals surface area contributed by atoms with Crippen LogP contribution in [0.15, 0.2) is 0 Å². The van der Waals surface area contributed by atoms with Gasteiger partial charge in [-0.1, -0.05) is 0 Å². The van der Waals surface area contributed by atoms with E-state index in [4.69, 9.17) is 11.6 Å². The molecular weight excluding hydrogens is 342 g/mol. The first kappa shape index (κ1) is 18.1. The van der Waals surface area contributed by atoms with Gasteiger partial charge in [-0.2, -0.15) is 8.78 Å². The molecule has 1 saturated heterocycles. The fourth-order valence-electron chi connectivity index (χ4n) is 1.90. The first-order chi connectivity index (χ1) is 9.51. The van der Waals surface area contributed by atoms with Crippen LogP contribution in [0.4, 0.5) is 17.6 Å². The second-order valence-corrected chi connectivity index (χ2v) is 7.08. The molecule has 0 aromatic rings. The zero-order valence-electron chi connectivity index (χ0n) is 10.6. The van der Waals surface area contributed by atoms with E-state index in [-0.39, 0.29) is 17.1 Å². The summed E-state index contributed by atoms with van der Waals surface area (Å²) in [6.07, 6.45) is -4.44. The summed E-state index contributed by atoms with van der Waals surface area (Å²) in [5.74, 6) is -9.72. The van der Waals surface area contributed by atoms with Crippen molar-refractivity contribution >= 4 is 33.1 Å². The zero-order chi connectivity index (χ0) is 16.4. The molecule has 0 N–H and O–H groups in total. The highest BCUT2D eigenvalue weighted by Gasteiger charge is 2.53. The lowest BCUT2D eigenvalue weighted by Crippen LogP contribution is -2.53. The van der Waals surface area contributed by atoms with Crippen LogP contribution in [0.25, 0.3) is 0 Å². The number of carbonyl (C=O) groups is 2. The number of ketones is 1. The zero-order valence-corrected chi connectivity index (χ0v) is 12.1. The van der Waals surface area contributed by atoms with E-state index in [0.29, 0.717) is 0 Å². The second-order valence-electron chi connectivity index (χ2n) is 4.59. The van der Waals surface area contributed by atoms with E-state index >= 15 is 0 Å². The molecule has 122 valence electrons. The Morgan fingerprint density at radius 1 is 1.33 bits per heavy atom. The van der Waals surface area contributed by atoms with Gasteiger partial charge in [-0.15, -0.1) is 11.6 Å². The Morgan fingerprint density at radius 3 is 2.29 bits per heavy atom. The summed E-state index contributed by atoms with van der Waals surface area (Å²) in [7, 11) is -3.55. The summed E-state index contributed by atoms with van der Waals surface area (Å²) < 4.78 is 73.5. The number of hydrogen-bond donors (Lipinski definition) is 0. The molecule has 1 fully saturated rings. The summed E-state index contributed by atoms with van der Waals surface area (Å²) in [5, 5.41) is 0. The molecule has 0 spiro atoms. The Balaban J connectivity index is 3.03. The molecular formula is C10H12ClF4NO4S.